The molecule has 2 amide bonds. The third-order valence-corrected chi connectivity index (χ3v) is 8.30. The van der Waals surface area contributed by atoms with Crippen LogP contribution in [-0.4, -0.2) is 75.7 Å². The van der Waals surface area contributed by atoms with E-state index in [0.29, 0.717) is 19.5 Å². The van der Waals surface area contributed by atoms with Crippen molar-refractivity contribution < 1.29 is 29.0 Å². The number of rotatable bonds is 5. The Hall–Kier alpha value is -2.97. The van der Waals surface area contributed by atoms with Gasteiger partial charge in [0, 0.05) is 13.1 Å². The summed E-state index contributed by atoms with van der Waals surface area (Å²) in [6.45, 7) is 6.31. The van der Waals surface area contributed by atoms with E-state index in [1.165, 1.54) is 4.90 Å². The first-order chi connectivity index (χ1) is 17.7. The number of ether oxygens (including phenoxy) is 2. The predicted octanol–water partition coefficient (Wildman–Crippen LogP) is 2.47. The molecule has 1 aromatic rings. The number of aliphatic hydroxyl groups is 1. The van der Waals surface area contributed by atoms with E-state index in [9.17, 15) is 19.5 Å². The quantitative estimate of drug-likeness (QED) is 0.485. The average Bonchev–Trinajstić information content (AvgIpc) is 3.22. The lowest BCUT2D eigenvalue weighted by atomic mass is 9.74. The molecule has 0 aliphatic carbocycles. The second kappa shape index (κ2) is 9.72. The highest BCUT2D eigenvalue weighted by molar-refractivity contribution is 5.99. The van der Waals surface area contributed by atoms with Crippen molar-refractivity contribution >= 4 is 17.8 Å². The number of nitrogens with zero attached hydrogens (tertiary/aromatic N) is 2. The molecule has 0 radical (unpaired) electrons. The van der Waals surface area contributed by atoms with E-state index in [4.69, 9.17) is 9.47 Å². The van der Waals surface area contributed by atoms with Crippen LogP contribution in [0.15, 0.2) is 54.6 Å². The fraction of sp³-hybridized carbons (Fsp3) is 0.552. The van der Waals surface area contributed by atoms with Gasteiger partial charge < -0.3 is 24.4 Å². The molecule has 5 rings (SSSR count). The summed E-state index contributed by atoms with van der Waals surface area (Å²) in [5, 5.41) is 10.4. The molecule has 0 saturated carbocycles. The minimum Gasteiger partial charge on any atom is -0.465 e. The van der Waals surface area contributed by atoms with E-state index in [1.807, 2.05) is 68.5 Å². The summed E-state index contributed by atoms with van der Waals surface area (Å²) in [6, 6.07) is 8.08. The van der Waals surface area contributed by atoms with E-state index in [1.54, 1.807) is 11.8 Å². The number of amides is 2. The Morgan fingerprint density at radius 3 is 2.51 bits per heavy atom. The normalized spacial score (nSPS) is 35.2. The Bertz CT molecular complexity index is 1120. The van der Waals surface area contributed by atoms with Crippen LogP contribution in [0.2, 0.25) is 0 Å². The Morgan fingerprint density at radius 2 is 1.81 bits per heavy atom. The maximum Gasteiger partial charge on any atom is 0.313 e. The Morgan fingerprint density at radius 1 is 1.05 bits per heavy atom. The van der Waals surface area contributed by atoms with Crippen LogP contribution in [0.1, 0.15) is 39.2 Å². The number of cyclic esters (lactones) is 1. The molecule has 0 aromatic heterocycles. The van der Waals surface area contributed by atoms with Crippen LogP contribution < -0.4 is 0 Å². The highest BCUT2D eigenvalue weighted by Crippen LogP contribution is 2.57. The van der Waals surface area contributed by atoms with Gasteiger partial charge in [-0.15, -0.1) is 0 Å². The Kier molecular flexibility index (Phi) is 6.75. The molecule has 1 unspecified atom stereocenters. The highest BCUT2D eigenvalue weighted by Gasteiger charge is 2.75. The molecule has 1 N–H and O–H groups in total. The van der Waals surface area contributed by atoms with Gasteiger partial charge in [0.15, 0.2) is 0 Å². The van der Waals surface area contributed by atoms with Gasteiger partial charge in [-0.05, 0) is 31.2 Å². The Balaban J connectivity index is 1.64. The number of esters is 1. The first-order valence-corrected chi connectivity index (χ1v) is 13.2. The van der Waals surface area contributed by atoms with Crippen molar-refractivity contribution in [1.82, 2.24) is 9.80 Å². The summed E-state index contributed by atoms with van der Waals surface area (Å²) >= 11 is 0. The second-order valence-corrected chi connectivity index (χ2v) is 11.1. The number of allylic oxidation sites excluding steroid dienone is 1. The van der Waals surface area contributed by atoms with Crippen molar-refractivity contribution in [3.63, 3.8) is 0 Å². The standard InChI is InChI=1S/C29H36N2O6/c1-19(2)21(18-32)31-24-26(34)30(17-20-11-6-4-7-12-20)15-10-14-29(24)22(25(31)33)23-27(35)36-16-9-5-8-13-28(23,3)37-29/h4,6-8,10-14,19,21-24,32H,5,9,15-18H2,1-3H3/b13-8-/t21-,22-,23-,24?,28+,29-/m0/s1. The molecular weight excluding hydrogens is 472 g/mol. The van der Waals surface area contributed by atoms with Crippen LogP contribution in [0.5, 0.6) is 0 Å². The summed E-state index contributed by atoms with van der Waals surface area (Å²) in [5.74, 6) is -3.06. The number of likely N-dealkylation sites (tertiary alicyclic amines) is 1. The van der Waals surface area contributed by atoms with Gasteiger partial charge in [-0.25, -0.2) is 0 Å². The van der Waals surface area contributed by atoms with Gasteiger partial charge in [0.05, 0.1) is 30.8 Å². The van der Waals surface area contributed by atoms with E-state index < -0.39 is 41.1 Å². The van der Waals surface area contributed by atoms with Crippen LogP contribution in [0.3, 0.4) is 0 Å². The van der Waals surface area contributed by atoms with Crippen LogP contribution in [0.4, 0.5) is 0 Å². The Labute approximate surface area is 217 Å². The smallest absolute Gasteiger partial charge is 0.313 e. The van der Waals surface area contributed by atoms with Crippen molar-refractivity contribution in [3.8, 4) is 0 Å². The van der Waals surface area contributed by atoms with Gasteiger partial charge >= 0.3 is 5.97 Å². The molecule has 1 spiro atoms. The van der Waals surface area contributed by atoms with Crippen molar-refractivity contribution in [1.29, 1.82) is 0 Å². The predicted molar refractivity (Wildman–Crippen MR) is 136 cm³/mol. The summed E-state index contributed by atoms with van der Waals surface area (Å²) in [5.41, 5.74) is -1.50. The molecule has 4 aliphatic heterocycles. The molecule has 4 heterocycles. The molecule has 1 aromatic carbocycles. The molecular formula is C29H36N2O6. The largest absolute Gasteiger partial charge is 0.465 e. The monoisotopic (exact) mass is 508 g/mol. The molecule has 37 heavy (non-hydrogen) atoms. The molecule has 0 bridgehead atoms. The molecule has 2 fully saturated rings. The third-order valence-electron chi connectivity index (χ3n) is 8.30. The highest BCUT2D eigenvalue weighted by atomic mass is 16.6. The van der Waals surface area contributed by atoms with Crippen LogP contribution in [0, 0.1) is 17.8 Å². The zero-order chi connectivity index (χ0) is 26.4. The number of carbonyl (C=O) groups excluding carboxylic acids is 3. The van der Waals surface area contributed by atoms with Crippen LogP contribution in [0.25, 0.3) is 0 Å². The van der Waals surface area contributed by atoms with Gasteiger partial charge in [-0.1, -0.05) is 68.5 Å². The summed E-state index contributed by atoms with van der Waals surface area (Å²) in [7, 11) is 0. The topological polar surface area (TPSA) is 96.4 Å². The first kappa shape index (κ1) is 25.7. The lowest BCUT2D eigenvalue weighted by Gasteiger charge is -2.41. The lowest BCUT2D eigenvalue weighted by Crippen LogP contribution is -2.59. The van der Waals surface area contributed by atoms with Gasteiger partial charge in [0.1, 0.15) is 17.6 Å². The molecule has 8 nitrogen and oxygen atoms in total. The zero-order valence-corrected chi connectivity index (χ0v) is 21.7. The zero-order valence-electron chi connectivity index (χ0n) is 21.7. The molecule has 198 valence electrons. The molecule has 6 atom stereocenters. The van der Waals surface area contributed by atoms with Gasteiger partial charge in [-0.3, -0.25) is 14.4 Å². The number of hydrogen-bond acceptors (Lipinski definition) is 6. The van der Waals surface area contributed by atoms with E-state index >= 15 is 0 Å². The SMILES string of the molecule is CC(C)[C@H](CO)N1C(=O)[C@@H]2[C@H]3C(=O)OCCC/C=C\[C@@]3(C)O[C@@]23C=CCN(Cc2ccccc2)C(=O)C13. The maximum atomic E-state index is 14.3. The lowest BCUT2D eigenvalue weighted by molar-refractivity contribution is -0.162. The minimum absolute atomic E-state index is 0.119. The summed E-state index contributed by atoms with van der Waals surface area (Å²) in [4.78, 5) is 45.3. The number of carbonyl (C=O) groups is 3. The average molecular weight is 509 g/mol. The van der Waals surface area contributed by atoms with Crippen molar-refractivity contribution in [3.05, 3.63) is 60.2 Å². The fourth-order valence-electron chi connectivity index (χ4n) is 6.54. The van der Waals surface area contributed by atoms with Crippen molar-refractivity contribution in [2.45, 2.75) is 63.4 Å². The first-order valence-electron chi connectivity index (χ1n) is 13.2. The van der Waals surface area contributed by atoms with Crippen LogP contribution >= 0.6 is 0 Å². The molecule has 4 aliphatic rings. The van der Waals surface area contributed by atoms with E-state index in [-0.39, 0.29) is 30.9 Å². The van der Waals surface area contributed by atoms with Gasteiger partial charge in [0.2, 0.25) is 11.8 Å². The molecule has 8 heteroatoms. The maximum absolute atomic E-state index is 14.3. The summed E-state index contributed by atoms with van der Waals surface area (Å²) < 4.78 is 12.4. The fourth-order valence-corrected chi connectivity index (χ4v) is 6.54. The minimum atomic E-state index is -1.36. The van der Waals surface area contributed by atoms with Crippen molar-refractivity contribution in [2.75, 3.05) is 19.8 Å². The van der Waals surface area contributed by atoms with Gasteiger partial charge in [0.25, 0.3) is 0 Å². The molecule has 2 saturated heterocycles. The summed E-state index contributed by atoms with van der Waals surface area (Å²) in [6.07, 6.45) is 8.94. The number of fused-ring (bicyclic) bond motifs is 2. The third kappa shape index (κ3) is 4.10. The number of aliphatic hydroxyl groups excluding tert-OH is 1. The van der Waals surface area contributed by atoms with Gasteiger partial charge in [-0.2, -0.15) is 0 Å². The van der Waals surface area contributed by atoms with Crippen LogP contribution in [-0.2, 0) is 30.4 Å². The number of hydrogen-bond donors (Lipinski definition) is 1. The second-order valence-electron chi connectivity index (χ2n) is 11.1. The van der Waals surface area contributed by atoms with E-state index in [2.05, 4.69) is 0 Å². The van der Waals surface area contributed by atoms with E-state index in [0.717, 1.165) is 12.0 Å². The van der Waals surface area contributed by atoms with Crippen molar-refractivity contribution in [2.24, 2.45) is 17.8 Å². The number of benzene rings is 1.